The molecule has 1 N–H and O–H groups in total. The van der Waals surface area contributed by atoms with Gasteiger partial charge in [0.1, 0.15) is 0 Å². The molecule has 1 aromatic carbocycles. The molecule has 4 nitrogen and oxygen atoms in total. The number of benzene rings is 1. The van der Waals surface area contributed by atoms with E-state index in [2.05, 4.69) is 11.9 Å². The fourth-order valence-corrected chi connectivity index (χ4v) is 1.88. The Kier molecular flexibility index (Phi) is 3.13. The number of nitrogens with zero attached hydrogens (tertiary/aromatic N) is 1. The Morgan fingerprint density at radius 1 is 1.41 bits per heavy atom. The van der Waals surface area contributed by atoms with E-state index in [1.807, 2.05) is 0 Å². The number of carbonyl (C=O) groups is 1. The van der Waals surface area contributed by atoms with Gasteiger partial charge in [-0.25, -0.2) is 4.79 Å². The van der Waals surface area contributed by atoms with Crippen molar-refractivity contribution in [1.29, 1.82) is 0 Å². The molecule has 0 aliphatic rings. The molecule has 0 saturated heterocycles. The minimum absolute atomic E-state index is 0.141. The second-order valence-electron chi connectivity index (χ2n) is 4.25. The molecule has 1 aromatic heterocycles. The number of rotatable bonds is 4. The van der Waals surface area contributed by atoms with Crippen molar-refractivity contribution >= 4 is 16.8 Å². The van der Waals surface area contributed by atoms with E-state index in [-0.39, 0.29) is 11.5 Å². The van der Waals surface area contributed by atoms with Crippen LogP contribution in [0.15, 0.2) is 23.0 Å². The molecule has 0 amide bonds. The van der Waals surface area contributed by atoms with Gasteiger partial charge in [-0.3, -0.25) is 9.36 Å². The van der Waals surface area contributed by atoms with Crippen LogP contribution < -0.4 is 5.69 Å². The summed E-state index contributed by atoms with van der Waals surface area (Å²) in [5.41, 5.74) is 2.07. The molecule has 2 aromatic rings. The summed E-state index contributed by atoms with van der Waals surface area (Å²) in [4.78, 5) is 26.0. The smallest absolute Gasteiger partial charge is 0.306 e. The number of aromatic amines is 1. The Labute approximate surface area is 99.3 Å². The number of carbonyl (C=O) groups excluding carboxylic acids is 1. The van der Waals surface area contributed by atoms with Crippen molar-refractivity contribution in [2.45, 2.75) is 26.2 Å². The standard InChI is InChI=1S/C13H16N2O2/c1-3-4-5-12(16)9-6-7-10-11(8-9)15(2)13(17)14-10/h6-8H,3-5H2,1-2H3,(H,14,17). The molecular formula is C13H16N2O2. The molecule has 0 radical (unpaired) electrons. The lowest BCUT2D eigenvalue weighted by atomic mass is 10.1. The van der Waals surface area contributed by atoms with Crippen molar-refractivity contribution in [3.05, 3.63) is 34.2 Å². The van der Waals surface area contributed by atoms with Crippen LogP contribution in [0.5, 0.6) is 0 Å². The number of fused-ring (bicyclic) bond motifs is 1. The lowest BCUT2D eigenvalue weighted by Gasteiger charge is -2.01. The van der Waals surface area contributed by atoms with E-state index in [4.69, 9.17) is 0 Å². The molecule has 0 aliphatic heterocycles. The predicted molar refractivity (Wildman–Crippen MR) is 67.4 cm³/mol. The number of unbranched alkanes of at least 4 members (excludes halogenated alkanes) is 1. The number of Topliss-reactive ketones (excluding diaryl/α,β-unsaturated/α-hetero) is 1. The maximum absolute atomic E-state index is 11.9. The third-order valence-corrected chi connectivity index (χ3v) is 2.98. The Morgan fingerprint density at radius 2 is 2.18 bits per heavy atom. The summed E-state index contributed by atoms with van der Waals surface area (Å²) >= 11 is 0. The van der Waals surface area contributed by atoms with Crippen LogP contribution in [0.2, 0.25) is 0 Å². The zero-order chi connectivity index (χ0) is 12.4. The van der Waals surface area contributed by atoms with Crippen molar-refractivity contribution in [2.75, 3.05) is 0 Å². The predicted octanol–water partition coefficient (Wildman–Crippen LogP) is 2.24. The first-order valence-electron chi connectivity index (χ1n) is 5.85. The van der Waals surface area contributed by atoms with E-state index >= 15 is 0 Å². The molecule has 0 saturated carbocycles. The molecule has 2 rings (SSSR count). The van der Waals surface area contributed by atoms with E-state index in [9.17, 15) is 9.59 Å². The number of H-pyrrole nitrogens is 1. The van der Waals surface area contributed by atoms with Crippen LogP contribution in [-0.2, 0) is 7.05 Å². The number of hydrogen-bond donors (Lipinski definition) is 1. The molecule has 0 unspecified atom stereocenters. The quantitative estimate of drug-likeness (QED) is 0.822. The highest BCUT2D eigenvalue weighted by Gasteiger charge is 2.09. The van der Waals surface area contributed by atoms with Gasteiger partial charge in [0.25, 0.3) is 0 Å². The third-order valence-electron chi connectivity index (χ3n) is 2.98. The van der Waals surface area contributed by atoms with Crippen molar-refractivity contribution in [2.24, 2.45) is 7.05 Å². The molecular weight excluding hydrogens is 216 g/mol. The third kappa shape index (κ3) is 2.16. The van der Waals surface area contributed by atoms with Crippen LogP contribution in [0, 0.1) is 0 Å². The largest absolute Gasteiger partial charge is 0.326 e. The van der Waals surface area contributed by atoms with Crippen LogP contribution in [0.25, 0.3) is 11.0 Å². The number of nitrogens with one attached hydrogen (secondary N) is 1. The summed E-state index contributed by atoms with van der Waals surface area (Å²) < 4.78 is 1.52. The zero-order valence-electron chi connectivity index (χ0n) is 10.1. The Balaban J connectivity index is 2.40. The monoisotopic (exact) mass is 232 g/mol. The molecule has 90 valence electrons. The van der Waals surface area contributed by atoms with Crippen molar-refractivity contribution in [3.63, 3.8) is 0 Å². The minimum atomic E-state index is -0.154. The average Bonchev–Trinajstić information content (AvgIpc) is 2.62. The highest BCUT2D eigenvalue weighted by Crippen LogP contribution is 2.14. The lowest BCUT2D eigenvalue weighted by molar-refractivity contribution is 0.0980. The van der Waals surface area contributed by atoms with E-state index in [1.165, 1.54) is 4.57 Å². The summed E-state index contributed by atoms with van der Waals surface area (Å²) in [6, 6.07) is 5.34. The summed E-state index contributed by atoms with van der Waals surface area (Å²) in [5.74, 6) is 0.141. The van der Waals surface area contributed by atoms with E-state index < -0.39 is 0 Å². The zero-order valence-corrected chi connectivity index (χ0v) is 10.1. The fraction of sp³-hybridized carbons (Fsp3) is 0.385. The highest BCUT2D eigenvalue weighted by atomic mass is 16.1. The number of aryl methyl sites for hydroxylation is 1. The van der Waals surface area contributed by atoms with Crippen molar-refractivity contribution < 1.29 is 4.79 Å². The molecule has 1 heterocycles. The number of aromatic nitrogens is 2. The molecule has 4 heteroatoms. The van der Waals surface area contributed by atoms with Gasteiger partial charge >= 0.3 is 5.69 Å². The minimum Gasteiger partial charge on any atom is -0.306 e. The maximum atomic E-state index is 11.9. The van der Waals surface area contributed by atoms with Crippen molar-refractivity contribution in [1.82, 2.24) is 9.55 Å². The van der Waals surface area contributed by atoms with Crippen LogP contribution in [0.1, 0.15) is 36.5 Å². The van der Waals surface area contributed by atoms with Crippen LogP contribution in [0.3, 0.4) is 0 Å². The van der Waals surface area contributed by atoms with Crippen molar-refractivity contribution in [3.8, 4) is 0 Å². The summed E-state index contributed by atoms with van der Waals surface area (Å²) in [5, 5.41) is 0. The number of ketones is 1. The summed E-state index contributed by atoms with van der Waals surface area (Å²) in [6.07, 6.45) is 2.49. The van der Waals surface area contributed by atoms with Crippen LogP contribution >= 0.6 is 0 Å². The van der Waals surface area contributed by atoms with Gasteiger partial charge in [-0.1, -0.05) is 13.3 Å². The second-order valence-corrected chi connectivity index (χ2v) is 4.25. The first-order valence-corrected chi connectivity index (χ1v) is 5.85. The highest BCUT2D eigenvalue weighted by molar-refractivity contribution is 5.98. The topological polar surface area (TPSA) is 54.9 Å². The van der Waals surface area contributed by atoms with E-state index in [0.29, 0.717) is 12.0 Å². The van der Waals surface area contributed by atoms with Gasteiger partial charge in [-0.05, 0) is 24.6 Å². The van der Waals surface area contributed by atoms with E-state index in [0.717, 1.165) is 23.9 Å². The van der Waals surface area contributed by atoms with Gasteiger partial charge < -0.3 is 4.98 Å². The Bertz CT molecular complexity index is 607. The van der Waals surface area contributed by atoms with Gasteiger partial charge in [0.05, 0.1) is 11.0 Å². The fourth-order valence-electron chi connectivity index (χ4n) is 1.88. The second kappa shape index (κ2) is 4.57. The van der Waals surface area contributed by atoms with Gasteiger partial charge in [-0.15, -0.1) is 0 Å². The summed E-state index contributed by atoms with van der Waals surface area (Å²) in [6.45, 7) is 2.06. The van der Waals surface area contributed by atoms with Gasteiger partial charge in [-0.2, -0.15) is 0 Å². The van der Waals surface area contributed by atoms with Gasteiger partial charge in [0, 0.05) is 19.0 Å². The first-order chi connectivity index (χ1) is 8.13. The van der Waals surface area contributed by atoms with E-state index in [1.54, 1.807) is 25.2 Å². The number of hydrogen-bond acceptors (Lipinski definition) is 2. The molecule has 17 heavy (non-hydrogen) atoms. The molecule has 0 fully saturated rings. The summed E-state index contributed by atoms with van der Waals surface area (Å²) in [7, 11) is 1.70. The molecule has 0 aliphatic carbocycles. The molecule has 0 spiro atoms. The molecule has 0 atom stereocenters. The SMILES string of the molecule is CCCCC(=O)c1ccc2[nH]c(=O)n(C)c2c1. The average molecular weight is 232 g/mol. The Hall–Kier alpha value is -1.84. The van der Waals surface area contributed by atoms with Gasteiger partial charge in [0.15, 0.2) is 5.78 Å². The molecule has 0 bridgehead atoms. The number of imidazole rings is 1. The first kappa shape index (κ1) is 11.6. The van der Waals surface area contributed by atoms with Crippen LogP contribution in [0.4, 0.5) is 0 Å². The van der Waals surface area contributed by atoms with Crippen LogP contribution in [-0.4, -0.2) is 15.3 Å². The lowest BCUT2D eigenvalue weighted by Crippen LogP contribution is -2.11. The normalized spacial score (nSPS) is 10.9. The maximum Gasteiger partial charge on any atom is 0.326 e. The Morgan fingerprint density at radius 3 is 2.88 bits per heavy atom. The van der Waals surface area contributed by atoms with Gasteiger partial charge in [0.2, 0.25) is 0 Å².